The van der Waals surface area contributed by atoms with Crippen molar-refractivity contribution in [2.75, 3.05) is 6.61 Å². The number of hydrogen-bond acceptors (Lipinski definition) is 2. The van der Waals surface area contributed by atoms with Crippen molar-refractivity contribution in [2.24, 2.45) is 0 Å². The predicted octanol–water partition coefficient (Wildman–Crippen LogP) is 2.95. The van der Waals surface area contributed by atoms with E-state index in [9.17, 15) is 4.79 Å². The lowest BCUT2D eigenvalue weighted by molar-refractivity contribution is -0.107. The summed E-state index contributed by atoms with van der Waals surface area (Å²) < 4.78 is 5.63. The molecule has 0 aromatic heterocycles. The lowest BCUT2D eigenvalue weighted by atomic mass is 10.2. The summed E-state index contributed by atoms with van der Waals surface area (Å²) in [7, 11) is 0. The van der Waals surface area contributed by atoms with Crippen LogP contribution in [0.1, 0.15) is 52.4 Å². The fourth-order valence-corrected chi connectivity index (χ4v) is 1.28. The van der Waals surface area contributed by atoms with Crippen LogP contribution in [0, 0.1) is 0 Å². The highest BCUT2D eigenvalue weighted by Gasteiger charge is 2.01. The van der Waals surface area contributed by atoms with Gasteiger partial charge in [-0.3, -0.25) is 0 Å². The Balaban J connectivity index is 3.09. The van der Waals surface area contributed by atoms with Gasteiger partial charge in [-0.25, -0.2) is 0 Å². The predicted molar refractivity (Wildman–Crippen MR) is 54.9 cm³/mol. The number of ether oxygens (including phenoxy) is 1. The highest BCUT2D eigenvalue weighted by atomic mass is 16.5. The second kappa shape index (κ2) is 9.72. The monoisotopic (exact) mass is 186 g/mol. The Morgan fingerprint density at radius 1 is 1.15 bits per heavy atom. The first-order valence-corrected chi connectivity index (χ1v) is 5.40. The fourth-order valence-electron chi connectivity index (χ4n) is 1.28. The normalized spacial score (nSPS) is 10.7. The number of carbonyl (C=O) groups is 1. The van der Waals surface area contributed by atoms with Crippen LogP contribution in [0.4, 0.5) is 0 Å². The Kier molecular flexibility index (Phi) is 9.44. The van der Waals surface area contributed by atoms with Crippen LogP contribution in [-0.2, 0) is 9.53 Å². The molecule has 0 fully saturated rings. The molecule has 0 aliphatic heterocycles. The third-order valence-electron chi connectivity index (χ3n) is 2.23. The molecule has 0 amide bonds. The van der Waals surface area contributed by atoms with Crippen molar-refractivity contribution >= 4 is 6.29 Å². The minimum Gasteiger partial charge on any atom is -0.378 e. The molecule has 0 aliphatic rings. The van der Waals surface area contributed by atoms with E-state index < -0.39 is 0 Å². The molecule has 0 saturated heterocycles. The number of rotatable bonds is 9. The molecule has 0 aromatic carbocycles. The van der Waals surface area contributed by atoms with Crippen LogP contribution in [0.3, 0.4) is 0 Å². The van der Waals surface area contributed by atoms with Gasteiger partial charge >= 0.3 is 0 Å². The average molecular weight is 186 g/mol. The van der Waals surface area contributed by atoms with Crippen LogP contribution in [0.15, 0.2) is 0 Å². The second-order valence-electron chi connectivity index (χ2n) is 3.33. The molecular weight excluding hydrogens is 164 g/mol. The van der Waals surface area contributed by atoms with Crippen LogP contribution in [0.25, 0.3) is 0 Å². The minimum atomic E-state index is 0.436. The quantitative estimate of drug-likeness (QED) is 0.409. The summed E-state index contributed by atoms with van der Waals surface area (Å²) in [5.41, 5.74) is 0. The van der Waals surface area contributed by atoms with E-state index in [0.29, 0.717) is 12.5 Å². The zero-order valence-electron chi connectivity index (χ0n) is 8.92. The highest BCUT2D eigenvalue weighted by Crippen LogP contribution is 2.05. The Morgan fingerprint density at radius 3 is 2.38 bits per heavy atom. The number of hydrogen-bond donors (Lipinski definition) is 0. The fraction of sp³-hybridized carbons (Fsp3) is 0.909. The maximum Gasteiger partial charge on any atom is 0.119 e. The van der Waals surface area contributed by atoms with Gasteiger partial charge in [0.15, 0.2) is 0 Å². The van der Waals surface area contributed by atoms with E-state index in [-0.39, 0.29) is 0 Å². The molecule has 0 N–H and O–H groups in total. The smallest absolute Gasteiger partial charge is 0.119 e. The van der Waals surface area contributed by atoms with Gasteiger partial charge in [0.05, 0.1) is 6.10 Å². The minimum absolute atomic E-state index is 0.436. The Hall–Kier alpha value is -0.370. The maximum absolute atomic E-state index is 10.0. The van der Waals surface area contributed by atoms with Gasteiger partial charge < -0.3 is 9.53 Å². The van der Waals surface area contributed by atoms with Gasteiger partial charge in [-0.1, -0.05) is 20.3 Å². The molecule has 2 heteroatoms. The summed E-state index contributed by atoms with van der Waals surface area (Å²) in [5, 5.41) is 0. The molecule has 0 radical (unpaired) electrons. The van der Waals surface area contributed by atoms with E-state index in [2.05, 4.69) is 13.8 Å². The molecule has 0 atom stereocenters. The van der Waals surface area contributed by atoms with E-state index in [1.165, 1.54) is 0 Å². The molecule has 0 rings (SSSR count). The molecular formula is C11H22O2. The van der Waals surface area contributed by atoms with Crippen molar-refractivity contribution in [1.29, 1.82) is 0 Å². The van der Waals surface area contributed by atoms with Gasteiger partial charge in [0, 0.05) is 13.0 Å². The lowest BCUT2D eigenvalue weighted by Crippen LogP contribution is -2.10. The number of unbranched alkanes of at least 4 members (excludes halogenated alkanes) is 3. The molecule has 0 spiro atoms. The molecule has 0 saturated carbocycles. The van der Waals surface area contributed by atoms with E-state index in [4.69, 9.17) is 4.74 Å². The van der Waals surface area contributed by atoms with Crippen molar-refractivity contribution < 1.29 is 9.53 Å². The first-order valence-electron chi connectivity index (χ1n) is 5.40. The van der Waals surface area contributed by atoms with Crippen LogP contribution in [0.5, 0.6) is 0 Å². The molecule has 0 heterocycles. The van der Waals surface area contributed by atoms with Gasteiger partial charge in [-0.05, 0) is 25.7 Å². The largest absolute Gasteiger partial charge is 0.378 e. The third-order valence-corrected chi connectivity index (χ3v) is 2.23. The molecule has 0 unspecified atom stereocenters. The first kappa shape index (κ1) is 12.6. The molecule has 0 aromatic rings. The standard InChI is InChI=1S/C11H22O2/c1-3-11(4-2)13-10-8-6-5-7-9-12/h9,11H,3-8,10H2,1-2H3. The highest BCUT2D eigenvalue weighted by molar-refractivity contribution is 5.48. The lowest BCUT2D eigenvalue weighted by Gasteiger charge is -2.13. The summed E-state index contributed by atoms with van der Waals surface area (Å²) in [6.45, 7) is 5.16. The zero-order valence-corrected chi connectivity index (χ0v) is 8.92. The van der Waals surface area contributed by atoms with Crippen LogP contribution in [0.2, 0.25) is 0 Å². The van der Waals surface area contributed by atoms with Gasteiger partial charge in [0.2, 0.25) is 0 Å². The summed E-state index contributed by atoms with van der Waals surface area (Å²) >= 11 is 0. The van der Waals surface area contributed by atoms with Crippen LogP contribution >= 0.6 is 0 Å². The van der Waals surface area contributed by atoms with Gasteiger partial charge in [0.25, 0.3) is 0 Å². The molecule has 78 valence electrons. The number of aldehydes is 1. The topological polar surface area (TPSA) is 26.3 Å². The van der Waals surface area contributed by atoms with E-state index in [1.54, 1.807) is 0 Å². The van der Waals surface area contributed by atoms with Crippen LogP contribution in [-0.4, -0.2) is 19.0 Å². The Morgan fingerprint density at radius 2 is 1.85 bits per heavy atom. The summed E-state index contributed by atoms with van der Waals surface area (Å²) in [5.74, 6) is 0. The Labute approximate surface area is 81.7 Å². The SMILES string of the molecule is CCC(CC)OCCCCCC=O. The van der Waals surface area contributed by atoms with E-state index >= 15 is 0 Å². The van der Waals surface area contributed by atoms with Gasteiger partial charge in [-0.15, -0.1) is 0 Å². The van der Waals surface area contributed by atoms with Crippen molar-refractivity contribution in [2.45, 2.75) is 58.5 Å². The maximum atomic E-state index is 10.0. The zero-order chi connectivity index (χ0) is 9.94. The summed E-state index contributed by atoms with van der Waals surface area (Å²) in [6.07, 6.45) is 7.53. The van der Waals surface area contributed by atoms with Crippen molar-refractivity contribution in [3.63, 3.8) is 0 Å². The van der Waals surface area contributed by atoms with Crippen LogP contribution < -0.4 is 0 Å². The molecule has 13 heavy (non-hydrogen) atoms. The molecule has 0 bridgehead atoms. The van der Waals surface area contributed by atoms with Gasteiger partial charge in [0.1, 0.15) is 6.29 Å². The molecule has 0 aliphatic carbocycles. The van der Waals surface area contributed by atoms with E-state index in [1.807, 2.05) is 0 Å². The van der Waals surface area contributed by atoms with Gasteiger partial charge in [-0.2, -0.15) is 0 Å². The third kappa shape index (κ3) is 7.97. The average Bonchev–Trinajstić information content (AvgIpc) is 2.17. The van der Waals surface area contributed by atoms with E-state index in [0.717, 1.165) is 45.0 Å². The van der Waals surface area contributed by atoms with Crippen molar-refractivity contribution in [1.82, 2.24) is 0 Å². The summed E-state index contributed by atoms with van der Waals surface area (Å²) in [6, 6.07) is 0. The van der Waals surface area contributed by atoms with Crippen molar-refractivity contribution in [3.05, 3.63) is 0 Å². The number of carbonyl (C=O) groups excluding carboxylic acids is 1. The first-order chi connectivity index (χ1) is 6.35. The Bertz CT molecular complexity index is 109. The summed E-state index contributed by atoms with van der Waals surface area (Å²) in [4.78, 5) is 10.0. The molecule has 2 nitrogen and oxygen atoms in total. The second-order valence-corrected chi connectivity index (χ2v) is 3.33. The van der Waals surface area contributed by atoms with Crippen molar-refractivity contribution in [3.8, 4) is 0 Å².